The first kappa shape index (κ1) is 8.29. The summed E-state index contributed by atoms with van der Waals surface area (Å²) in [6.45, 7) is 0. The Hall–Kier alpha value is -0.920. The summed E-state index contributed by atoms with van der Waals surface area (Å²) in [7, 11) is 0. The van der Waals surface area contributed by atoms with Gasteiger partial charge in [0.25, 0.3) is 0 Å². The fourth-order valence-electron chi connectivity index (χ4n) is 8.50. The normalized spacial score (nSPS) is 78.0. The van der Waals surface area contributed by atoms with Gasteiger partial charge in [0.2, 0.25) is 0 Å². The van der Waals surface area contributed by atoms with E-state index in [2.05, 4.69) is 12.2 Å². The lowest BCUT2D eigenvalue weighted by molar-refractivity contribution is -0.141. The zero-order chi connectivity index (χ0) is 11.5. The standard InChI is InChI=1S/C16H14O2/c17-15-6-3-1-2-4-5(3)8-9(6)11-12-10(8)7(4)16(18)14(12)13(11)15/h1-14H/t3-,4+,5?,6-,7-,8?,9+,10-,11+,12-,13-,14+/m1/s1. The quantitative estimate of drug-likeness (QED) is 0.594. The molecule has 6 fully saturated rings. The van der Waals surface area contributed by atoms with Gasteiger partial charge in [0, 0.05) is 23.7 Å². The van der Waals surface area contributed by atoms with Gasteiger partial charge in [-0.2, -0.15) is 0 Å². The van der Waals surface area contributed by atoms with Gasteiger partial charge in [-0.05, 0) is 47.3 Å². The molecule has 12 atom stereocenters. The summed E-state index contributed by atoms with van der Waals surface area (Å²) < 4.78 is 0. The molecule has 18 heavy (non-hydrogen) atoms. The number of rotatable bonds is 0. The Morgan fingerprint density at radius 3 is 1.50 bits per heavy atom. The van der Waals surface area contributed by atoms with Crippen molar-refractivity contribution in [3.63, 3.8) is 0 Å². The summed E-state index contributed by atoms with van der Waals surface area (Å²) in [6.07, 6.45) is 4.65. The highest BCUT2D eigenvalue weighted by molar-refractivity contribution is 6.00. The van der Waals surface area contributed by atoms with Crippen LogP contribution < -0.4 is 0 Å². The number of hydrogen-bond donors (Lipinski definition) is 0. The molecule has 7 rings (SSSR count). The lowest BCUT2D eigenvalue weighted by Crippen LogP contribution is -2.47. The maximum atomic E-state index is 12.7. The molecule has 0 aliphatic heterocycles. The minimum atomic E-state index is 0.184. The van der Waals surface area contributed by atoms with Crippen LogP contribution in [0.15, 0.2) is 12.2 Å². The number of allylic oxidation sites excluding steroid dienone is 2. The predicted octanol–water partition coefficient (Wildman–Crippen LogP) is 1.17. The molecule has 0 radical (unpaired) electrons. The van der Waals surface area contributed by atoms with Gasteiger partial charge < -0.3 is 0 Å². The number of fused-ring (bicyclic) bond motifs is 3. The van der Waals surface area contributed by atoms with Crippen LogP contribution in [0.1, 0.15) is 0 Å². The molecule has 0 aromatic heterocycles. The van der Waals surface area contributed by atoms with Crippen molar-refractivity contribution in [2.45, 2.75) is 0 Å². The van der Waals surface area contributed by atoms with E-state index in [4.69, 9.17) is 0 Å². The molecule has 7 aliphatic carbocycles. The van der Waals surface area contributed by atoms with Crippen molar-refractivity contribution < 1.29 is 9.59 Å². The zero-order valence-corrected chi connectivity index (χ0v) is 9.90. The van der Waals surface area contributed by atoms with Gasteiger partial charge in [-0.3, -0.25) is 9.59 Å². The van der Waals surface area contributed by atoms with Gasteiger partial charge in [0.05, 0.1) is 0 Å². The second kappa shape index (κ2) is 1.97. The predicted molar refractivity (Wildman–Crippen MR) is 61.0 cm³/mol. The second-order valence-corrected chi connectivity index (χ2v) is 7.91. The number of ketones is 2. The summed E-state index contributed by atoms with van der Waals surface area (Å²) in [4.78, 5) is 25.4. The molecular formula is C16H14O2. The van der Waals surface area contributed by atoms with E-state index < -0.39 is 0 Å². The van der Waals surface area contributed by atoms with Crippen LogP contribution in [0, 0.1) is 71.0 Å². The topological polar surface area (TPSA) is 34.1 Å². The molecule has 0 aromatic rings. The number of carbonyl (C=O) groups excluding carboxylic acids is 2. The SMILES string of the molecule is O=C1[C@H]2[C@H]3C(=O)[C@H]4[C@@H]5C6C7[C@@H](C=C[C@@H]74)[C@@H]1[C@@H]6[C@H]2[C@H]35. The van der Waals surface area contributed by atoms with Crippen molar-refractivity contribution in [2.24, 2.45) is 71.0 Å². The zero-order valence-electron chi connectivity index (χ0n) is 9.90. The molecular weight excluding hydrogens is 224 g/mol. The Kier molecular flexibility index (Phi) is 0.908. The maximum absolute atomic E-state index is 12.7. The molecule has 0 heterocycles. The highest BCUT2D eigenvalue weighted by atomic mass is 16.1. The van der Waals surface area contributed by atoms with Crippen LogP contribution in [-0.4, -0.2) is 11.6 Å². The summed E-state index contributed by atoms with van der Waals surface area (Å²) in [5.41, 5.74) is 0. The number of carbonyl (C=O) groups is 2. The first-order valence-electron chi connectivity index (χ1n) is 7.56. The highest BCUT2D eigenvalue weighted by Crippen LogP contribution is 2.85. The van der Waals surface area contributed by atoms with E-state index in [1.165, 1.54) is 0 Å². The smallest absolute Gasteiger partial charge is 0.140 e. The van der Waals surface area contributed by atoms with E-state index in [9.17, 15) is 9.59 Å². The fraction of sp³-hybridized carbons (Fsp3) is 0.750. The monoisotopic (exact) mass is 238 g/mol. The van der Waals surface area contributed by atoms with Crippen molar-refractivity contribution in [3.8, 4) is 0 Å². The van der Waals surface area contributed by atoms with Crippen molar-refractivity contribution in [1.29, 1.82) is 0 Å². The van der Waals surface area contributed by atoms with Crippen molar-refractivity contribution in [3.05, 3.63) is 12.2 Å². The Labute approximate surface area is 105 Å². The first-order valence-corrected chi connectivity index (χ1v) is 7.56. The molecule has 2 heteroatoms. The average molecular weight is 238 g/mol. The fourth-order valence-corrected chi connectivity index (χ4v) is 8.50. The summed E-state index contributed by atoms with van der Waals surface area (Å²) in [6, 6.07) is 0. The molecule has 0 spiro atoms. The van der Waals surface area contributed by atoms with E-state index >= 15 is 0 Å². The third-order valence-corrected chi connectivity index (χ3v) is 8.30. The molecule has 0 bridgehead atoms. The van der Waals surface area contributed by atoms with E-state index in [1.807, 2.05) is 0 Å². The van der Waals surface area contributed by atoms with Crippen molar-refractivity contribution >= 4 is 11.6 Å². The van der Waals surface area contributed by atoms with Gasteiger partial charge in [-0.15, -0.1) is 0 Å². The third-order valence-electron chi connectivity index (χ3n) is 8.30. The summed E-state index contributed by atoms with van der Waals surface area (Å²) >= 11 is 0. The lowest BCUT2D eigenvalue weighted by Gasteiger charge is -2.42. The van der Waals surface area contributed by atoms with Crippen LogP contribution in [0.5, 0.6) is 0 Å². The van der Waals surface area contributed by atoms with Crippen LogP contribution >= 0.6 is 0 Å². The van der Waals surface area contributed by atoms with E-state index in [0.717, 1.165) is 5.92 Å². The molecule has 0 aromatic carbocycles. The molecule has 0 N–H and O–H groups in total. The van der Waals surface area contributed by atoms with Gasteiger partial charge in [-0.1, -0.05) is 12.2 Å². The largest absolute Gasteiger partial charge is 0.299 e. The van der Waals surface area contributed by atoms with E-state index in [-0.39, 0.29) is 11.8 Å². The van der Waals surface area contributed by atoms with Crippen LogP contribution in [0.2, 0.25) is 0 Å². The number of hydrogen-bond acceptors (Lipinski definition) is 2. The molecule has 2 nitrogen and oxygen atoms in total. The van der Waals surface area contributed by atoms with E-state index in [1.54, 1.807) is 0 Å². The van der Waals surface area contributed by atoms with Gasteiger partial charge >= 0.3 is 0 Å². The van der Waals surface area contributed by atoms with Crippen LogP contribution in [-0.2, 0) is 9.59 Å². The lowest BCUT2D eigenvalue weighted by atomic mass is 9.59. The van der Waals surface area contributed by atoms with Crippen molar-refractivity contribution in [2.75, 3.05) is 0 Å². The van der Waals surface area contributed by atoms with Crippen LogP contribution in [0.4, 0.5) is 0 Å². The van der Waals surface area contributed by atoms with E-state index in [0.29, 0.717) is 64.8 Å². The molecule has 90 valence electrons. The van der Waals surface area contributed by atoms with Gasteiger partial charge in [0.15, 0.2) is 0 Å². The Balaban J connectivity index is 1.65. The maximum Gasteiger partial charge on any atom is 0.140 e. The molecule has 2 unspecified atom stereocenters. The first-order chi connectivity index (χ1) is 8.80. The van der Waals surface area contributed by atoms with Gasteiger partial charge in [0.1, 0.15) is 11.6 Å². The average Bonchev–Trinajstić information content (AvgIpc) is 2.98. The molecule has 7 aliphatic rings. The van der Waals surface area contributed by atoms with Gasteiger partial charge in [-0.25, -0.2) is 0 Å². The Morgan fingerprint density at radius 2 is 1.00 bits per heavy atom. The Bertz CT molecular complexity index is 554. The van der Waals surface area contributed by atoms with Crippen LogP contribution in [0.25, 0.3) is 0 Å². The molecule has 0 amide bonds. The minimum absolute atomic E-state index is 0.184. The highest BCUT2D eigenvalue weighted by Gasteiger charge is 2.86. The molecule has 6 saturated carbocycles. The number of Topliss-reactive ketones (excluding diaryl/α,β-unsaturated/α-hetero) is 2. The second-order valence-electron chi connectivity index (χ2n) is 7.91. The van der Waals surface area contributed by atoms with Crippen molar-refractivity contribution in [1.82, 2.24) is 0 Å². The molecule has 0 saturated heterocycles. The Morgan fingerprint density at radius 1 is 0.556 bits per heavy atom. The van der Waals surface area contributed by atoms with Crippen LogP contribution in [0.3, 0.4) is 0 Å². The summed E-state index contributed by atoms with van der Waals surface area (Å²) in [5.74, 6) is 7.25. The third kappa shape index (κ3) is 0.466. The minimum Gasteiger partial charge on any atom is -0.299 e. The summed E-state index contributed by atoms with van der Waals surface area (Å²) in [5, 5.41) is 0.